The van der Waals surface area contributed by atoms with Gasteiger partial charge in [-0.15, -0.1) is 0 Å². The molecule has 1 aliphatic heterocycles. The predicted octanol–water partition coefficient (Wildman–Crippen LogP) is 5.13. The third kappa shape index (κ3) is 3.84. The number of piperidine rings is 1. The Morgan fingerprint density at radius 3 is 2.56 bits per heavy atom. The smallest absolute Gasteiger partial charge is 0.382 e. The molecule has 0 unspecified atom stereocenters. The Balaban J connectivity index is 1.43. The van der Waals surface area contributed by atoms with Gasteiger partial charge in [0.25, 0.3) is 0 Å². The van der Waals surface area contributed by atoms with E-state index in [4.69, 9.17) is 0 Å². The molecule has 1 fully saturated rings. The number of alkyl halides is 3. The van der Waals surface area contributed by atoms with Crippen LogP contribution < -0.4 is 10.2 Å². The second-order valence-corrected chi connectivity index (χ2v) is 6.73. The zero-order valence-corrected chi connectivity index (χ0v) is 14.6. The molecule has 1 radical (unpaired) electrons. The van der Waals surface area contributed by atoms with Gasteiger partial charge >= 0.3 is 6.18 Å². The summed E-state index contributed by atoms with van der Waals surface area (Å²) in [5, 5.41) is 4.06. The molecule has 3 aromatic rings. The van der Waals surface area contributed by atoms with E-state index in [1.807, 2.05) is 24.3 Å². The normalized spacial score (nSPS) is 15.9. The van der Waals surface area contributed by atoms with Gasteiger partial charge in [0.05, 0.1) is 11.1 Å². The van der Waals surface area contributed by atoms with Crippen LogP contribution in [0.3, 0.4) is 0 Å². The zero-order chi connectivity index (χ0) is 18.9. The van der Waals surface area contributed by atoms with Gasteiger partial charge in [0.15, 0.2) is 0 Å². The Labute approximate surface area is 155 Å². The van der Waals surface area contributed by atoms with Gasteiger partial charge in [0.1, 0.15) is 0 Å². The number of hydrogen-bond acceptors (Lipinski definition) is 3. The number of halogens is 3. The first kappa shape index (κ1) is 17.6. The van der Waals surface area contributed by atoms with Gasteiger partial charge in [-0.1, -0.05) is 18.2 Å². The summed E-state index contributed by atoms with van der Waals surface area (Å²) < 4.78 is 39.5. The third-order valence-electron chi connectivity index (χ3n) is 4.93. The molecule has 1 N–H and O–H groups in total. The molecule has 2 heterocycles. The molecule has 139 valence electrons. The van der Waals surface area contributed by atoms with E-state index in [0.717, 1.165) is 48.6 Å². The molecule has 0 aliphatic carbocycles. The Hall–Kier alpha value is -2.76. The lowest BCUT2D eigenvalue weighted by molar-refractivity contribution is -0.137. The molecule has 0 saturated carbocycles. The second kappa shape index (κ2) is 7.10. The maximum atomic E-state index is 13.2. The molecule has 4 rings (SSSR count). The third-order valence-corrected chi connectivity index (χ3v) is 4.93. The Bertz CT molecular complexity index is 931. The van der Waals surface area contributed by atoms with Gasteiger partial charge in [0.2, 0.25) is 0 Å². The number of hydrogen-bond donors (Lipinski definition) is 1. The second-order valence-electron chi connectivity index (χ2n) is 6.73. The van der Waals surface area contributed by atoms with Crippen molar-refractivity contribution in [3.63, 3.8) is 0 Å². The fourth-order valence-corrected chi connectivity index (χ4v) is 3.52. The maximum Gasteiger partial charge on any atom is 0.418 e. The number of pyridine rings is 1. The summed E-state index contributed by atoms with van der Waals surface area (Å²) in [6.45, 7) is 1.54. The van der Waals surface area contributed by atoms with Crippen LogP contribution in [0, 0.1) is 6.07 Å². The van der Waals surface area contributed by atoms with Crippen molar-refractivity contribution < 1.29 is 13.2 Å². The van der Waals surface area contributed by atoms with Gasteiger partial charge in [-0.25, -0.2) is 0 Å². The first-order valence-corrected chi connectivity index (χ1v) is 8.95. The van der Waals surface area contributed by atoms with Crippen LogP contribution in [0.1, 0.15) is 18.4 Å². The first-order valence-electron chi connectivity index (χ1n) is 8.95. The van der Waals surface area contributed by atoms with Crippen LogP contribution in [0.4, 0.5) is 24.5 Å². The van der Waals surface area contributed by atoms with Crippen LogP contribution in [-0.2, 0) is 6.18 Å². The highest BCUT2D eigenvalue weighted by Crippen LogP contribution is 2.35. The fraction of sp³-hybridized carbons (Fsp3) is 0.286. The number of benzene rings is 2. The van der Waals surface area contributed by atoms with E-state index in [2.05, 4.69) is 21.3 Å². The van der Waals surface area contributed by atoms with E-state index >= 15 is 0 Å². The van der Waals surface area contributed by atoms with Gasteiger partial charge in [-0.3, -0.25) is 4.98 Å². The van der Waals surface area contributed by atoms with Crippen molar-refractivity contribution in [2.24, 2.45) is 0 Å². The largest absolute Gasteiger partial charge is 0.418 e. The zero-order valence-electron chi connectivity index (χ0n) is 14.6. The highest BCUT2D eigenvalue weighted by Gasteiger charge is 2.33. The summed E-state index contributed by atoms with van der Waals surface area (Å²) in [5.41, 5.74) is 1.46. The van der Waals surface area contributed by atoms with Gasteiger partial charge < -0.3 is 10.2 Å². The van der Waals surface area contributed by atoms with E-state index in [9.17, 15) is 13.2 Å². The van der Waals surface area contributed by atoms with E-state index < -0.39 is 11.7 Å². The Morgan fingerprint density at radius 2 is 1.78 bits per heavy atom. The lowest BCUT2D eigenvalue weighted by Gasteiger charge is -2.34. The van der Waals surface area contributed by atoms with E-state index in [1.165, 1.54) is 12.1 Å². The van der Waals surface area contributed by atoms with E-state index in [1.54, 1.807) is 12.3 Å². The van der Waals surface area contributed by atoms with E-state index in [0.29, 0.717) is 0 Å². The predicted molar refractivity (Wildman–Crippen MR) is 101 cm³/mol. The number of para-hydroxylation sites is 1. The molecule has 3 nitrogen and oxygen atoms in total. The van der Waals surface area contributed by atoms with Crippen LogP contribution in [0.15, 0.2) is 54.7 Å². The average Bonchev–Trinajstić information content (AvgIpc) is 2.68. The molecular formula is C21H19F3N3. The number of nitrogens with zero attached hydrogens (tertiary/aromatic N) is 2. The lowest BCUT2D eigenvalue weighted by atomic mass is 10.0. The monoisotopic (exact) mass is 370 g/mol. The number of fused-ring (bicyclic) bond motifs is 1. The lowest BCUT2D eigenvalue weighted by Crippen LogP contribution is -2.39. The van der Waals surface area contributed by atoms with Crippen molar-refractivity contribution in [1.29, 1.82) is 0 Å². The topological polar surface area (TPSA) is 28.2 Å². The van der Waals surface area contributed by atoms with Gasteiger partial charge in [0, 0.05) is 48.2 Å². The molecule has 0 bridgehead atoms. The molecule has 1 aliphatic rings. The molecule has 1 aromatic heterocycles. The number of aromatic nitrogens is 1. The summed E-state index contributed by atoms with van der Waals surface area (Å²) in [4.78, 5) is 6.53. The molecule has 0 amide bonds. The highest BCUT2D eigenvalue weighted by atomic mass is 19.4. The van der Waals surface area contributed by atoms with Crippen molar-refractivity contribution >= 4 is 22.3 Å². The van der Waals surface area contributed by atoms with Crippen LogP contribution in [-0.4, -0.2) is 24.1 Å². The maximum absolute atomic E-state index is 13.2. The summed E-state index contributed by atoms with van der Waals surface area (Å²) in [7, 11) is 0. The molecule has 0 spiro atoms. The molecule has 1 saturated heterocycles. The van der Waals surface area contributed by atoms with Crippen LogP contribution in [0.2, 0.25) is 0 Å². The summed E-state index contributed by atoms with van der Waals surface area (Å²) >= 11 is 0. The van der Waals surface area contributed by atoms with Crippen LogP contribution in [0.5, 0.6) is 0 Å². The quantitative estimate of drug-likeness (QED) is 0.692. The fourth-order valence-electron chi connectivity index (χ4n) is 3.52. The molecule has 27 heavy (non-hydrogen) atoms. The standard InChI is InChI=1S/C21H19F3N3/c22-21(23,24)18-5-1-2-6-20(18)26-16-9-12-27(13-10-16)17-7-8-19-15(14-17)4-3-11-25-19/h1-8,11,16,26H,9-10,12-13H2. The van der Waals surface area contributed by atoms with Crippen molar-refractivity contribution in [2.75, 3.05) is 23.3 Å². The number of nitrogens with one attached hydrogen (secondary N) is 1. The van der Waals surface area contributed by atoms with Crippen molar-refractivity contribution in [3.05, 3.63) is 66.4 Å². The summed E-state index contributed by atoms with van der Waals surface area (Å²) in [6.07, 6.45) is -1.06. The molecule has 0 atom stereocenters. The molecule has 6 heteroatoms. The van der Waals surface area contributed by atoms with Crippen LogP contribution >= 0.6 is 0 Å². The van der Waals surface area contributed by atoms with Gasteiger partial charge in [-0.2, -0.15) is 13.2 Å². The van der Waals surface area contributed by atoms with E-state index in [-0.39, 0.29) is 11.7 Å². The van der Waals surface area contributed by atoms with Crippen LogP contribution in [0.25, 0.3) is 10.9 Å². The highest BCUT2D eigenvalue weighted by molar-refractivity contribution is 5.81. The molecule has 2 aromatic carbocycles. The van der Waals surface area contributed by atoms with Crippen molar-refractivity contribution in [1.82, 2.24) is 4.98 Å². The molecular weight excluding hydrogens is 351 g/mol. The number of anilines is 2. The van der Waals surface area contributed by atoms with Crippen molar-refractivity contribution in [3.8, 4) is 0 Å². The average molecular weight is 370 g/mol. The minimum Gasteiger partial charge on any atom is -0.382 e. The minimum atomic E-state index is -4.35. The summed E-state index contributed by atoms with van der Waals surface area (Å²) in [5.74, 6) is 0. The van der Waals surface area contributed by atoms with Crippen molar-refractivity contribution in [2.45, 2.75) is 25.1 Å². The SMILES string of the molecule is FC(F)(F)c1ccccc1NC1CCN(c2[c]c3cccnc3cc2)CC1. The minimum absolute atomic E-state index is 0.0203. The first-order chi connectivity index (χ1) is 13.0. The Kier molecular flexibility index (Phi) is 4.64. The Morgan fingerprint density at radius 1 is 1.00 bits per heavy atom. The number of rotatable bonds is 3. The van der Waals surface area contributed by atoms with Gasteiger partial charge in [-0.05, 0) is 43.2 Å². The summed E-state index contributed by atoms with van der Waals surface area (Å²) in [6, 6.07) is 16.9.